The molecule has 0 amide bonds. The molecule has 2 rings (SSSR count). The topological polar surface area (TPSA) is 24.9 Å². The molecule has 2 nitrogen and oxygen atoms in total. The minimum absolute atomic E-state index is 0.540. The first-order valence-corrected chi connectivity index (χ1v) is 7.93. The number of benzene rings is 1. The first-order valence-electron chi connectivity index (χ1n) is 6.26. The molecule has 19 heavy (non-hydrogen) atoms. The van der Waals surface area contributed by atoms with E-state index in [1.54, 1.807) is 6.20 Å². The van der Waals surface area contributed by atoms with Crippen molar-refractivity contribution in [1.82, 2.24) is 10.3 Å². The molecule has 4 heteroatoms. The van der Waals surface area contributed by atoms with Gasteiger partial charge in [0.2, 0.25) is 0 Å². The van der Waals surface area contributed by atoms with Crippen molar-refractivity contribution in [3.63, 3.8) is 0 Å². The van der Waals surface area contributed by atoms with Crippen molar-refractivity contribution in [3.05, 3.63) is 58.8 Å². The highest BCUT2D eigenvalue weighted by molar-refractivity contribution is 9.10. The van der Waals surface area contributed by atoms with E-state index in [9.17, 15) is 0 Å². The van der Waals surface area contributed by atoms with Crippen molar-refractivity contribution in [2.75, 3.05) is 6.54 Å². The van der Waals surface area contributed by atoms with Crippen LogP contribution in [0.3, 0.4) is 0 Å². The molecule has 1 atom stereocenters. The summed E-state index contributed by atoms with van der Waals surface area (Å²) >= 11 is 5.34. The molecular weight excluding hydrogens is 320 g/mol. The Morgan fingerprint density at radius 2 is 2.05 bits per heavy atom. The quantitative estimate of drug-likeness (QED) is 0.803. The van der Waals surface area contributed by atoms with Gasteiger partial charge in [-0.15, -0.1) is 11.8 Å². The molecule has 0 aliphatic heterocycles. The predicted molar refractivity (Wildman–Crippen MR) is 85.4 cm³/mol. The van der Waals surface area contributed by atoms with Crippen LogP contribution in [0.2, 0.25) is 0 Å². The normalized spacial score (nSPS) is 12.3. The maximum Gasteiger partial charge on any atom is 0.0312 e. The molecule has 1 unspecified atom stereocenters. The zero-order chi connectivity index (χ0) is 13.5. The van der Waals surface area contributed by atoms with Crippen LogP contribution in [0.1, 0.15) is 12.5 Å². The van der Waals surface area contributed by atoms with Crippen molar-refractivity contribution >= 4 is 27.7 Å². The lowest BCUT2D eigenvalue weighted by Crippen LogP contribution is -2.22. The Bertz CT molecular complexity index is 487. The van der Waals surface area contributed by atoms with E-state index < -0.39 is 0 Å². The molecule has 100 valence electrons. The number of thioether (sulfide) groups is 1. The number of nitrogens with one attached hydrogen (secondary N) is 1. The molecule has 0 aliphatic carbocycles. The van der Waals surface area contributed by atoms with Crippen LogP contribution in [0.5, 0.6) is 0 Å². The molecule has 0 bridgehead atoms. The summed E-state index contributed by atoms with van der Waals surface area (Å²) in [5, 5.41) is 4.00. The number of nitrogens with zero attached hydrogens (tertiary/aromatic N) is 1. The highest BCUT2D eigenvalue weighted by Crippen LogP contribution is 2.24. The van der Waals surface area contributed by atoms with E-state index in [-0.39, 0.29) is 0 Å². The Morgan fingerprint density at radius 3 is 2.74 bits per heavy atom. The summed E-state index contributed by atoms with van der Waals surface area (Å²) in [5.41, 5.74) is 1.23. The molecule has 0 fully saturated rings. The maximum absolute atomic E-state index is 4.11. The lowest BCUT2D eigenvalue weighted by atomic mass is 10.3. The highest BCUT2D eigenvalue weighted by Gasteiger charge is 2.04. The molecule has 1 aromatic carbocycles. The van der Waals surface area contributed by atoms with Crippen LogP contribution >= 0.6 is 27.7 Å². The van der Waals surface area contributed by atoms with Gasteiger partial charge in [0.05, 0.1) is 0 Å². The number of hydrogen-bond acceptors (Lipinski definition) is 3. The van der Waals surface area contributed by atoms with Crippen LogP contribution in [-0.4, -0.2) is 16.8 Å². The summed E-state index contributed by atoms with van der Waals surface area (Å²) in [4.78, 5) is 5.41. The molecule has 0 radical (unpaired) electrons. The fourth-order valence-corrected chi connectivity index (χ4v) is 2.93. The summed E-state index contributed by atoms with van der Waals surface area (Å²) in [6.07, 6.45) is 3.70. The van der Waals surface area contributed by atoms with Crippen molar-refractivity contribution in [1.29, 1.82) is 0 Å². The largest absolute Gasteiger partial charge is 0.312 e. The van der Waals surface area contributed by atoms with Gasteiger partial charge < -0.3 is 5.32 Å². The predicted octanol–water partition coefficient (Wildman–Crippen LogP) is 4.11. The Morgan fingerprint density at radius 1 is 1.26 bits per heavy atom. The van der Waals surface area contributed by atoms with Crippen LogP contribution in [0.15, 0.2) is 58.2 Å². The summed E-state index contributed by atoms with van der Waals surface area (Å²) in [6.45, 7) is 4.09. The molecule has 0 saturated heterocycles. The zero-order valence-corrected chi connectivity index (χ0v) is 13.2. The lowest BCUT2D eigenvalue weighted by molar-refractivity contribution is 0.682. The number of hydrogen-bond donors (Lipinski definition) is 1. The zero-order valence-electron chi connectivity index (χ0n) is 10.8. The van der Waals surface area contributed by atoms with Crippen molar-refractivity contribution in [2.24, 2.45) is 0 Å². The minimum atomic E-state index is 0.540. The van der Waals surface area contributed by atoms with Gasteiger partial charge in [0.1, 0.15) is 0 Å². The summed E-state index contributed by atoms with van der Waals surface area (Å²) < 4.78 is 1.12. The molecule has 1 heterocycles. The number of rotatable bonds is 6. The van der Waals surface area contributed by atoms with E-state index in [1.165, 1.54) is 10.5 Å². The third-order valence-corrected chi connectivity index (χ3v) is 4.28. The first kappa shape index (κ1) is 14.6. The second-order valence-electron chi connectivity index (χ2n) is 4.37. The molecule has 1 aromatic heterocycles. The second-order valence-corrected chi connectivity index (χ2v) is 6.80. The standard InChI is InChI=1S/C15H17BrN2S/c1-12(19-15-6-4-14(16)5-7-15)9-18-11-13-3-2-8-17-10-13/h2-8,10,12,18H,9,11H2,1H3. The third kappa shape index (κ3) is 5.35. The van der Waals surface area contributed by atoms with E-state index in [1.807, 2.05) is 24.0 Å². The summed E-state index contributed by atoms with van der Waals surface area (Å²) in [5.74, 6) is 0. The fraction of sp³-hybridized carbons (Fsp3) is 0.267. The van der Waals surface area contributed by atoms with E-state index in [0.29, 0.717) is 5.25 Å². The van der Waals surface area contributed by atoms with Gasteiger partial charge in [0.15, 0.2) is 0 Å². The SMILES string of the molecule is CC(CNCc1cccnc1)Sc1ccc(Br)cc1. The van der Waals surface area contributed by atoms with Crippen LogP contribution in [0.25, 0.3) is 0 Å². The first-order chi connectivity index (χ1) is 9.24. The second kappa shape index (κ2) is 7.68. The van der Waals surface area contributed by atoms with Gasteiger partial charge in [0.25, 0.3) is 0 Å². The van der Waals surface area contributed by atoms with Crippen molar-refractivity contribution < 1.29 is 0 Å². The fourth-order valence-electron chi connectivity index (χ4n) is 1.71. The molecule has 0 spiro atoms. The van der Waals surface area contributed by atoms with Gasteiger partial charge in [-0.1, -0.05) is 28.9 Å². The summed E-state index contributed by atoms with van der Waals surface area (Å²) in [7, 11) is 0. The minimum Gasteiger partial charge on any atom is -0.312 e. The van der Waals surface area contributed by atoms with Gasteiger partial charge in [-0.3, -0.25) is 4.98 Å². The molecular formula is C15H17BrN2S. The molecule has 1 N–H and O–H groups in total. The monoisotopic (exact) mass is 336 g/mol. The Labute approximate surface area is 127 Å². The Hall–Kier alpha value is -0.840. The van der Waals surface area contributed by atoms with Gasteiger partial charge in [-0.2, -0.15) is 0 Å². The van der Waals surface area contributed by atoms with E-state index in [0.717, 1.165) is 17.6 Å². The smallest absolute Gasteiger partial charge is 0.0312 e. The van der Waals surface area contributed by atoms with Crippen LogP contribution in [-0.2, 0) is 6.54 Å². The number of aromatic nitrogens is 1. The van der Waals surface area contributed by atoms with Gasteiger partial charge in [-0.25, -0.2) is 0 Å². The Balaban J connectivity index is 1.73. The highest BCUT2D eigenvalue weighted by atomic mass is 79.9. The average Bonchev–Trinajstić information content (AvgIpc) is 2.43. The lowest BCUT2D eigenvalue weighted by Gasteiger charge is -2.12. The van der Waals surface area contributed by atoms with E-state index in [2.05, 4.69) is 63.5 Å². The van der Waals surface area contributed by atoms with Crippen LogP contribution in [0.4, 0.5) is 0 Å². The van der Waals surface area contributed by atoms with Crippen LogP contribution < -0.4 is 5.32 Å². The number of halogens is 1. The van der Waals surface area contributed by atoms with Crippen molar-refractivity contribution in [3.8, 4) is 0 Å². The molecule has 0 aliphatic rings. The van der Waals surface area contributed by atoms with Crippen LogP contribution in [0, 0.1) is 0 Å². The molecule has 2 aromatic rings. The van der Waals surface area contributed by atoms with E-state index >= 15 is 0 Å². The number of pyridine rings is 1. The van der Waals surface area contributed by atoms with E-state index in [4.69, 9.17) is 0 Å². The Kier molecular flexibility index (Phi) is 5.89. The average molecular weight is 337 g/mol. The summed E-state index contributed by atoms with van der Waals surface area (Å²) in [6, 6.07) is 12.5. The van der Waals surface area contributed by atoms with Gasteiger partial charge in [-0.05, 0) is 35.9 Å². The maximum atomic E-state index is 4.11. The van der Waals surface area contributed by atoms with Gasteiger partial charge in [0, 0.05) is 40.1 Å². The van der Waals surface area contributed by atoms with Gasteiger partial charge >= 0.3 is 0 Å². The molecule has 0 saturated carbocycles. The van der Waals surface area contributed by atoms with Crippen molar-refractivity contribution in [2.45, 2.75) is 23.6 Å². The third-order valence-electron chi connectivity index (χ3n) is 2.63.